The smallest absolute Gasteiger partial charge is 0.0702 e. The Morgan fingerprint density at radius 2 is 2.16 bits per heavy atom. The number of nitrogens with one attached hydrogen (secondary N) is 1. The molecule has 0 amide bonds. The molecule has 0 saturated carbocycles. The average molecular weight is 341 g/mol. The van der Waals surface area contributed by atoms with Gasteiger partial charge in [-0.3, -0.25) is 0 Å². The topological polar surface area (TPSA) is 17.0 Å². The highest BCUT2D eigenvalue weighted by molar-refractivity contribution is 9.11. The molecule has 4 heteroatoms. The first kappa shape index (κ1) is 14.8. The van der Waals surface area contributed by atoms with Crippen molar-refractivity contribution in [3.8, 4) is 0 Å². The lowest BCUT2D eigenvalue weighted by atomic mass is 10.1. The van der Waals surface area contributed by atoms with Gasteiger partial charge in [0.1, 0.15) is 0 Å². The van der Waals surface area contributed by atoms with Crippen molar-refractivity contribution < 1.29 is 0 Å². The summed E-state index contributed by atoms with van der Waals surface area (Å²) in [4.78, 5) is 1.38. The third-order valence-corrected chi connectivity index (χ3v) is 4.80. The fourth-order valence-electron chi connectivity index (χ4n) is 2.20. The van der Waals surface area contributed by atoms with E-state index in [1.54, 1.807) is 11.3 Å². The van der Waals surface area contributed by atoms with Crippen LogP contribution in [0.3, 0.4) is 0 Å². The van der Waals surface area contributed by atoms with Gasteiger partial charge in [-0.25, -0.2) is 0 Å². The van der Waals surface area contributed by atoms with Crippen LogP contribution in [0.5, 0.6) is 0 Å². The zero-order chi connectivity index (χ0) is 13.7. The Hall–Kier alpha value is -0.580. The number of hydrogen-bond donors (Lipinski definition) is 1. The fourth-order valence-corrected chi connectivity index (χ4v) is 3.69. The van der Waals surface area contributed by atoms with E-state index >= 15 is 0 Å². The van der Waals surface area contributed by atoms with E-state index in [1.165, 1.54) is 20.6 Å². The highest BCUT2D eigenvalue weighted by Crippen LogP contribution is 2.24. The van der Waals surface area contributed by atoms with Crippen LogP contribution in [-0.4, -0.2) is 11.1 Å². The first-order valence-corrected chi connectivity index (χ1v) is 8.47. The minimum Gasteiger partial charge on any atom is -0.349 e. The average Bonchev–Trinajstić information content (AvgIpc) is 3.01. The predicted octanol–water partition coefficient (Wildman–Crippen LogP) is 4.81. The van der Waals surface area contributed by atoms with Gasteiger partial charge in [0.15, 0.2) is 0 Å². The first-order valence-electron chi connectivity index (χ1n) is 6.86. The van der Waals surface area contributed by atoms with Gasteiger partial charge < -0.3 is 9.88 Å². The maximum Gasteiger partial charge on any atom is 0.0702 e. The van der Waals surface area contributed by atoms with E-state index in [0.717, 1.165) is 19.5 Å². The van der Waals surface area contributed by atoms with Crippen LogP contribution in [-0.2, 0) is 6.54 Å². The molecule has 0 aliphatic rings. The summed E-state index contributed by atoms with van der Waals surface area (Å²) < 4.78 is 3.47. The molecule has 19 heavy (non-hydrogen) atoms. The molecule has 1 atom stereocenters. The molecule has 2 nitrogen and oxygen atoms in total. The molecular formula is C15H21BrN2S. The maximum atomic E-state index is 3.60. The van der Waals surface area contributed by atoms with Crippen LogP contribution in [0, 0.1) is 0 Å². The number of hydrogen-bond acceptors (Lipinski definition) is 2. The number of aromatic nitrogens is 1. The molecule has 2 rings (SSSR count). The third kappa shape index (κ3) is 4.20. The van der Waals surface area contributed by atoms with Gasteiger partial charge >= 0.3 is 0 Å². The summed E-state index contributed by atoms with van der Waals surface area (Å²) in [7, 11) is 0. The van der Waals surface area contributed by atoms with Crippen LogP contribution < -0.4 is 5.32 Å². The fraction of sp³-hybridized carbons (Fsp3) is 0.467. The summed E-state index contributed by atoms with van der Waals surface area (Å²) in [5, 5.41) is 3.60. The van der Waals surface area contributed by atoms with E-state index < -0.39 is 0 Å². The molecule has 2 aromatic heterocycles. The molecular weight excluding hydrogens is 320 g/mol. The van der Waals surface area contributed by atoms with Crippen molar-refractivity contribution in [2.45, 2.75) is 39.3 Å². The minimum atomic E-state index is 0.483. The second-order valence-electron chi connectivity index (χ2n) is 4.74. The Bertz CT molecular complexity index is 504. The van der Waals surface area contributed by atoms with E-state index in [-0.39, 0.29) is 0 Å². The van der Waals surface area contributed by atoms with Crippen LogP contribution in [0.4, 0.5) is 0 Å². The zero-order valence-electron chi connectivity index (χ0n) is 11.5. The molecule has 0 aliphatic heterocycles. The summed E-state index contributed by atoms with van der Waals surface area (Å²) in [5.74, 6) is 0. The molecule has 104 valence electrons. The Morgan fingerprint density at radius 3 is 2.79 bits per heavy atom. The lowest BCUT2D eigenvalue weighted by Gasteiger charge is -2.15. The van der Waals surface area contributed by atoms with Crippen molar-refractivity contribution in [2.75, 3.05) is 6.54 Å². The third-order valence-electron chi connectivity index (χ3n) is 3.19. The largest absolute Gasteiger partial charge is 0.349 e. The Balaban J connectivity index is 2.01. The van der Waals surface area contributed by atoms with Crippen molar-refractivity contribution >= 4 is 27.3 Å². The van der Waals surface area contributed by atoms with Gasteiger partial charge in [-0.2, -0.15) is 0 Å². The highest BCUT2D eigenvalue weighted by Gasteiger charge is 2.09. The van der Waals surface area contributed by atoms with E-state index in [0.29, 0.717) is 6.04 Å². The van der Waals surface area contributed by atoms with Crippen LogP contribution >= 0.6 is 27.3 Å². The molecule has 0 fully saturated rings. The Kier molecular flexibility index (Phi) is 5.67. The lowest BCUT2D eigenvalue weighted by molar-refractivity contribution is 0.518. The number of rotatable bonds is 7. The molecule has 1 N–H and O–H groups in total. The van der Waals surface area contributed by atoms with Gasteiger partial charge in [0, 0.05) is 23.3 Å². The van der Waals surface area contributed by atoms with Crippen molar-refractivity contribution in [2.24, 2.45) is 0 Å². The molecule has 0 aliphatic carbocycles. The van der Waals surface area contributed by atoms with Crippen molar-refractivity contribution in [3.05, 3.63) is 44.8 Å². The van der Waals surface area contributed by atoms with Gasteiger partial charge in [0.2, 0.25) is 0 Å². The summed E-state index contributed by atoms with van der Waals surface area (Å²) in [6, 6.07) is 7.01. The molecule has 2 aromatic rings. The number of nitrogens with zero attached hydrogens (tertiary/aromatic N) is 1. The molecule has 0 aromatic carbocycles. The number of thiophene rings is 1. The molecule has 0 radical (unpaired) electrons. The normalized spacial score (nSPS) is 12.8. The first-order chi connectivity index (χ1) is 9.22. The summed E-state index contributed by atoms with van der Waals surface area (Å²) in [5.41, 5.74) is 1.39. The summed E-state index contributed by atoms with van der Waals surface area (Å²) in [6.45, 7) is 6.49. The van der Waals surface area contributed by atoms with Crippen LogP contribution in [0.2, 0.25) is 0 Å². The van der Waals surface area contributed by atoms with Crippen LogP contribution in [0.25, 0.3) is 0 Å². The maximum absolute atomic E-state index is 3.60. The van der Waals surface area contributed by atoms with Gasteiger partial charge in [-0.1, -0.05) is 13.8 Å². The monoisotopic (exact) mass is 340 g/mol. The van der Waals surface area contributed by atoms with Crippen LogP contribution in [0.1, 0.15) is 43.2 Å². The molecule has 0 bridgehead atoms. The van der Waals surface area contributed by atoms with Gasteiger partial charge in [0.05, 0.1) is 10.3 Å². The standard InChI is InChI=1S/C15H21BrN2S/c1-3-8-17-14(4-2)12-7-9-18(10-12)11-13-5-6-15(16)19-13/h5-7,9-10,14,17H,3-4,8,11H2,1-2H3. The quantitative estimate of drug-likeness (QED) is 0.765. The number of halogens is 1. The highest BCUT2D eigenvalue weighted by atomic mass is 79.9. The van der Waals surface area contributed by atoms with E-state index in [9.17, 15) is 0 Å². The van der Waals surface area contributed by atoms with Gasteiger partial charge in [-0.05, 0) is 59.1 Å². The lowest BCUT2D eigenvalue weighted by Crippen LogP contribution is -2.21. The molecule has 2 heterocycles. The SMILES string of the molecule is CCCNC(CC)c1ccn(Cc2ccc(Br)s2)c1. The van der Waals surface area contributed by atoms with E-state index in [4.69, 9.17) is 0 Å². The van der Waals surface area contributed by atoms with Crippen LogP contribution in [0.15, 0.2) is 34.4 Å². The van der Waals surface area contributed by atoms with Gasteiger partial charge in [0.25, 0.3) is 0 Å². The molecule has 0 saturated heterocycles. The van der Waals surface area contributed by atoms with E-state index in [2.05, 4.69) is 70.3 Å². The Labute approximate surface area is 128 Å². The van der Waals surface area contributed by atoms with Gasteiger partial charge in [-0.15, -0.1) is 11.3 Å². The Morgan fingerprint density at radius 1 is 1.32 bits per heavy atom. The second-order valence-corrected chi connectivity index (χ2v) is 7.29. The van der Waals surface area contributed by atoms with Crippen molar-refractivity contribution in [1.29, 1.82) is 0 Å². The van der Waals surface area contributed by atoms with E-state index in [1.807, 2.05) is 0 Å². The predicted molar refractivity (Wildman–Crippen MR) is 86.9 cm³/mol. The summed E-state index contributed by atoms with van der Waals surface area (Å²) >= 11 is 5.31. The summed E-state index contributed by atoms with van der Waals surface area (Å²) in [6.07, 6.45) is 6.76. The van der Waals surface area contributed by atoms with Crippen molar-refractivity contribution in [1.82, 2.24) is 9.88 Å². The van der Waals surface area contributed by atoms with Crippen molar-refractivity contribution in [3.63, 3.8) is 0 Å². The minimum absolute atomic E-state index is 0.483. The second kappa shape index (κ2) is 7.27. The molecule has 0 spiro atoms. The molecule has 1 unspecified atom stereocenters. The zero-order valence-corrected chi connectivity index (χ0v) is 13.9.